The Balaban J connectivity index is 1.59. The summed E-state index contributed by atoms with van der Waals surface area (Å²) in [5.74, 6) is 0.302. The van der Waals surface area contributed by atoms with Crippen LogP contribution in [0.25, 0.3) is 11.7 Å². The predicted octanol–water partition coefficient (Wildman–Crippen LogP) is 3.96. The fraction of sp³-hybridized carbons (Fsp3) is 0.217. The molecule has 8 heteroatoms. The molecule has 1 saturated heterocycles. The number of anilines is 1. The lowest BCUT2D eigenvalue weighted by Crippen LogP contribution is -2.29. The van der Waals surface area contributed by atoms with Gasteiger partial charge in [-0.3, -0.25) is 18.9 Å². The Labute approximate surface area is 190 Å². The number of amides is 1. The van der Waals surface area contributed by atoms with Crippen molar-refractivity contribution in [2.24, 2.45) is 0 Å². The first-order valence-corrected chi connectivity index (χ1v) is 11.4. The van der Waals surface area contributed by atoms with Crippen LogP contribution >= 0.6 is 24.0 Å². The molecule has 1 aliphatic rings. The molecule has 0 spiro atoms. The van der Waals surface area contributed by atoms with Crippen LogP contribution in [-0.4, -0.2) is 37.6 Å². The summed E-state index contributed by atoms with van der Waals surface area (Å²) < 4.78 is 2.00. The van der Waals surface area contributed by atoms with Gasteiger partial charge >= 0.3 is 0 Å². The lowest BCUT2D eigenvalue weighted by Gasteiger charge is -2.14. The zero-order valence-electron chi connectivity index (χ0n) is 17.1. The highest BCUT2D eigenvalue weighted by molar-refractivity contribution is 8.26. The van der Waals surface area contributed by atoms with E-state index in [-0.39, 0.29) is 11.5 Å². The van der Waals surface area contributed by atoms with Crippen molar-refractivity contribution in [3.05, 3.63) is 81.1 Å². The number of carbonyl (C=O) groups excluding carboxylic acids is 1. The van der Waals surface area contributed by atoms with Crippen molar-refractivity contribution in [1.29, 1.82) is 0 Å². The summed E-state index contributed by atoms with van der Waals surface area (Å²) in [6.07, 6.45) is 4.97. The van der Waals surface area contributed by atoms with E-state index in [0.717, 1.165) is 12.8 Å². The van der Waals surface area contributed by atoms with Crippen LogP contribution in [0, 0.1) is 0 Å². The second-order valence-electron chi connectivity index (χ2n) is 7.06. The van der Waals surface area contributed by atoms with E-state index < -0.39 is 0 Å². The predicted molar refractivity (Wildman–Crippen MR) is 130 cm³/mol. The number of aryl methyl sites for hydroxylation is 1. The molecule has 1 aliphatic heterocycles. The number of rotatable bonds is 7. The molecule has 3 aromatic rings. The van der Waals surface area contributed by atoms with E-state index in [1.807, 2.05) is 31.2 Å². The Morgan fingerprint density at radius 2 is 1.90 bits per heavy atom. The van der Waals surface area contributed by atoms with E-state index in [2.05, 4.69) is 22.4 Å². The average Bonchev–Trinajstić information content (AvgIpc) is 3.05. The number of nitrogens with zero attached hydrogens (tertiary/aromatic N) is 3. The van der Waals surface area contributed by atoms with E-state index in [1.165, 1.54) is 21.7 Å². The number of aromatic nitrogens is 2. The van der Waals surface area contributed by atoms with E-state index in [0.29, 0.717) is 39.3 Å². The Bertz CT molecular complexity index is 1220. The van der Waals surface area contributed by atoms with Gasteiger partial charge in [0.15, 0.2) is 0 Å². The van der Waals surface area contributed by atoms with Crippen molar-refractivity contribution in [2.75, 3.05) is 18.4 Å². The zero-order chi connectivity index (χ0) is 21.8. The first kappa shape index (κ1) is 21.3. The summed E-state index contributed by atoms with van der Waals surface area (Å²) in [5.41, 5.74) is 1.91. The molecule has 1 N–H and O–H groups in total. The third-order valence-electron chi connectivity index (χ3n) is 4.95. The lowest BCUT2D eigenvalue weighted by atomic mass is 10.1. The van der Waals surface area contributed by atoms with Crippen LogP contribution in [-0.2, 0) is 11.2 Å². The Hall–Kier alpha value is -2.97. The summed E-state index contributed by atoms with van der Waals surface area (Å²) in [5, 5.41) is 3.14. The molecule has 158 valence electrons. The van der Waals surface area contributed by atoms with Crippen molar-refractivity contribution < 1.29 is 4.79 Å². The molecule has 2 aromatic heterocycles. The Morgan fingerprint density at radius 1 is 1.13 bits per heavy atom. The highest BCUT2D eigenvalue weighted by Gasteiger charge is 2.32. The van der Waals surface area contributed by atoms with Crippen LogP contribution in [0.4, 0.5) is 5.82 Å². The normalized spacial score (nSPS) is 15.3. The van der Waals surface area contributed by atoms with Crippen LogP contribution in [0.2, 0.25) is 0 Å². The largest absolute Gasteiger partial charge is 0.370 e. The summed E-state index contributed by atoms with van der Waals surface area (Å²) in [4.78, 5) is 32.7. The van der Waals surface area contributed by atoms with E-state index in [4.69, 9.17) is 12.2 Å². The maximum atomic E-state index is 13.1. The number of thioether (sulfide) groups is 1. The Kier molecular flexibility index (Phi) is 6.48. The summed E-state index contributed by atoms with van der Waals surface area (Å²) >= 11 is 6.68. The van der Waals surface area contributed by atoms with Crippen molar-refractivity contribution >= 4 is 51.7 Å². The van der Waals surface area contributed by atoms with Crippen LogP contribution in [0.15, 0.2) is 64.4 Å². The van der Waals surface area contributed by atoms with Gasteiger partial charge in [-0.25, -0.2) is 4.98 Å². The van der Waals surface area contributed by atoms with Crippen molar-refractivity contribution in [3.63, 3.8) is 0 Å². The molecule has 4 rings (SSSR count). The maximum Gasteiger partial charge on any atom is 0.267 e. The highest BCUT2D eigenvalue weighted by atomic mass is 32.2. The summed E-state index contributed by atoms with van der Waals surface area (Å²) in [7, 11) is 0. The smallest absolute Gasteiger partial charge is 0.267 e. The molecular formula is C23H22N4O2S2. The van der Waals surface area contributed by atoms with Crippen molar-refractivity contribution in [2.45, 2.75) is 19.8 Å². The molecule has 0 atom stereocenters. The topological polar surface area (TPSA) is 66.7 Å². The van der Waals surface area contributed by atoms with Crippen LogP contribution in [0.1, 0.15) is 24.5 Å². The second-order valence-corrected chi connectivity index (χ2v) is 8.74. The fourth-order valence-corrected chi connectivity index (χ4v) is 4.74. The van der Waals surface area contributed by atoms with Gasteiger partial charge < -0.3 is 5.32 Å². The summed E-state index contributed by atoms with van der Waals surface area (Å²) in [6, 6.07) is 15.5. The van der Waals surface area contributed by atoms with Crippen molar-refractivity contribution in [1.82, 2.24) is 14.3 Å². The number of nitrogens with one attached hydrogen (secondary N) is 1. The number of carbonyl (C=O) groups is 1. The Morgan fingerprint density at radius 3 is 2.68 bits per heavy atom. The van der Waals surface area contributed by atoms with E-state index in [1.54, 1.807) is 29.3 Å². The first-order chi connectivity index (χ1) is 15.1. The molecule has 0 saturated carbocycles. The van der Waals surface area contributed by atoms with Gasteiger partial charge in [0.2, 0.25) is 0 Å². The number of hydrogen-bond acceptors (Lipinski definition) is 6. The van der Waals surface area contributed by atoms with Gasteiger partial charge in [0, 0.05) is 19.3 Å². The molecule has 0 unspecified atom stereocenters. The van der Waals surface area contributed by atoms with Gasteiger partial charge in [-0.1, -0.05) is 60.4 Å². The summed E-state index contributed by atoms with van der Waals surface area (Å²) in [6.45, 7) is 3.09. The molecule has 0 aliphatic carbocycles. The quantitative estimate of drug-likeness (QED) is 0.434. The van der Waals surface area contributed by atoms with E-state index in [9.17, 15) is 9.59 Å². The molecular weight excluding hydrogens is 428 g/mol. The number of thiocarbonyl (C=S) groups is 1. The lowest BCUT2D eigenvalue weighted by molar-refractivity contribution is -0.122. The highest BCUT2D eigenvalue weighted by Crippen LogP contribution is 2.33. The maximum absolute atomic E-state index is 13.1. The van der Waals surface area contributed by atoms with Crippen molar-refractivity contribution in [3.8, 4) is 0 Å². The van der Waals surface area contributed by atoms with Gasteiger partial charge in [0.25, 0.3) is 11.5 Å². The zero-order valence-corrected chi connectivity index (χ0v) is 18.7. The average molecular weight is 451 g/mol. The minimum Gasteiger partial charge on any atom is -0.370 e. The van der Waals surface area contributed by atoms with Gasteiger partial charge in [0.1, 0.15) is 15.8 Å². The second kappa shape index (κ2) is 9.45. The van der Waals surface area contributed by atoms with Gasteiger partial charge in [-0.15, -0.1) is 0 Å². The van der Waals surface area contributed by atoms with Gasteiger partial charge in [-0.2, -0.15) is 0 Å². The van der Waals surface area contributed by atoms with E-state index >= 15 is 0 Å². The SMILES string of the molecule is CCNc1nc2ccccn2c(=O)c1/C=C1\SC(=S)N(CCCc2ccccc2)C1=O. The minimum absolute atomic E-state index is 0.164. The number of hydrogen-bond donors (Lipinski definition) is 1. The third-order valence-corrected chi connectivity index (χ3v) is 6.33. The first-order valence-electron chi connectivity index (χ1n) is 10.1. The van der Waals surface area contributed by atoms with Crippen LogP contribution in [0.3, 0.4) is 0 Å². The molecule has 1 aromatic carbocycles. The molecule has 0 radical (unpaired) electrons. The molecule has 1 fully saturated rings. The standard InChI is InChI=1S/C23H22N4O2S2/c1-2-24-20-17(21(28)26-13-7-6-12-19(26)25-20)15-18-22(29)27(23(30)31-18)14-8-11-16-9-4-3-5-10-16/h3-7,9-10,12-13,15,24H,2,8,11,14H2,1H3/b18-15-. The molecule has 31 heavy (non-hydrogen) atoms. The number of fused-ring (bicyclic) bond motifs is 1. The molecule has 1 amide bonds. The van der Waals surface area contributed by atoms with Crippen LogP contribution in [0.5, 0.6) is 0 Å². The van der Waals surface area contributed by atoms with Gasteiger partial charge in [0.05, 0.1) is 10.5 Å². The number of benzene rings is 1. The molecule has 0 bridgehead atoms. The minimum atomic E-state index is -0.226. The van der Waals surface area contributed by atoms with Gasteiger partial charge in [-0.05, 0) is 43.5 Å². The fourth-order valence-electron chi connectivity index (χ4n) is 3.44. The van der Waals surface area contributed by atoms with Crippen LogP contribution < -0.4 is 10.9 Å². The molecule has 3 heterocycles. The molecule has 6 nitrogen and oxygen atoms in total. The number of pyridine rings is 1. The third kappa shape index (κ3) is 4.55. The monoisotopic (exact) mass is 450 g/mol.